The fourth-order valence-corrected chi connectivity index (χ4v) is 4.77. The number of benzene rings is 3. The second-order valence-corrected chi connectivity index (χ2v) is 9.65. The minimum Gasteiger partial charge on any atom is -0.755 e. The van der Waals surface area contributed by atoms with Crippen molar-refractivity contribution < 1.29 is 31.5 Å². The van der Waals surface area contributed by atoms with Gasteiger partial charge in [-0.3, -0.25) is 8.78 Å². The van der Waals surface area contributed by atoms with E-state index in [1.54, 1.807) is 41.0 Å². The van der Waals surface area contributed by atoms with Crippen molar-refractivity contribution in [3.8, 4) is 5.69 Å². The van der Waals surface area contributed by atoms with Crippen LogP contribution in [0.25, 0.3) is 16.7 Å². The van der Waals surface area contributed by atoms with Crippen LogP contribution in [0.15, 0.2) is 60.7 Å². The number of anilines is 1. The molecular weight excluding hydrogens is 557 g/mol. The number of hydrogen-bond donors (Lipinski definition) is 1. The molecule has 0 aliphatic rings. The van der Waals surface area contributed by atoms with Gasteiger partial charge in [-0.2, -0.15) is 13.2 Å². The Bertz CT molecular complexity index is 1510. The van der Waals surface area contributed by atoms with Crippen LogP contribution in [0.3, 0.4) is 0 Å². The molecule has 4 rings (SSSR count). The molecule has 3 aromatic carbocycles. The van der Waals surface area contributed by atoms with Crippen molar-refractivity contribution in [2.75, 3.05) is 10.9 Å². The van der Waals surface area contributed by atoms with Crippen molar-refractivity contribution in [1.82, 2.24) is 9.55 Å². The SMILES string of the molecule is CCc1nc2cc(C(F)(F)F)c(Cl)cc2n1-c1ccc(CCOC(=O)N(c2ccc(CN)cc2)S(=O)[O-])cc1. The molecule has 13 heteroatoms. The van der Waals surface area contributed by atoms with Crippen LogP contribution in [0.2, 0.25) is 5.02 Å². The number of hydrogen-bond acceptors (Lipinski definition) is 6. The summed E-state index contributed by atoms with van der Waals surface area (Å²) in [5.41, 5.74) is 7.57. The molecule has 1 aromatic heterocycles. The van der Waals surface area contributed by atoms with Crippen LogP contribution in [-0.2, 0) is 41.6 Å². The van der Waals surface area contributed by atoms with Gasteiger partial charge in [0.1, 0.15) is 5.82 Å². The lowest BCUT2D eigenvalue weighted by Gasteiger charge is -2.23. The van der Waals surface area contributed by atoms with E-state index >= 15 is 0 Å². The monoisotopic (exact) mass is 579 g/mol. The number of alkyl halides is 3. The van der Waals surface area contributed by atoms with Crippen molar-refractivity contribution in [2.45, 2.75) is 32.5 Å². The molecule has 1 unspecified atom stereocenters. The van der Waals surface area contributed by atoms with Gasteiger partial charge in [0.25, 0.3) is 0 Å². The van der Waals surface area contributed by atoms with E-state index in [9.17, 15) is 26.7 Å². The first-order valence-corrected chi connectivity index (χ1v) is 13.2. The summed E-state index contributed by atoms with van der Waals surface area (Å²) in [5.74, 6) is 0.562. The molecule has 206 valence electrons. The number of nitrogens with zero attached hydrogens (tertiary/aromatic N) is 3. The molecule has 0 bridgehead atoms. The van der Waals surface area contributed by atoms with Crippen molar-refractivity contribution in [1.29, 1.82) is 0 Å². The summed E-state index contributed by atoms with van der Waals surface area (Å²) < 4.78 is 70.6. The summed E-state index contributed by atoms with van der Waals surface area (Å²) >= 11 is 3.06. The third-order valence-electron chi connectivity index (χ3n) is 5.97. The number of halogens is 4. The summed E-state index contributed by atoms with van der Waals surface area (Å²) in [5, 5.41) is -0.416. The van der Waals surface area contributed by atoms with Crippen molar-refractivity contribution >= 4 is 45.7 Å². The Labute approximate surface area is 229 Å². The van der Waals surface area contributed by atoms with E-state index in [4.69, 9.17) is 22.1 Å². The van der Waals surface area contributed by atoms with E-state index in [1.807, 2.05) is 6.92 Å². The third kappa shape index (κ3) is 6.25. The number of imidazole rings is 1. The number of aryl methyl sites for hydroxylation is 1. The lowest BCUT2D eigenvalue weighted by atomic mass is 10.1. The highest BCUT2D eigenvalue weighted by molar-refractivity contribution is 7.81. The fourth-order valence-electron chi connectivity index (χ4n) is 4.04. The molecule has 39 heavy (non-hydrogen) atoms. The molecule has 4 aromatic rings. The molecule has 0 radical (unpaired) electrons. The van der Waals surface area contributed by atoms with E-state index in [-0.39, 0.29) is 24.4 Å². The average molecular weight is 580 g/mol. The number of aromatic nitrogens is 2. The molecule has 0 aliphatic heterocycles. The van der Waals surface area contributed by atoms with Gasteiger partial charge in [-0.15, -0.1) is 0 Å². The van der Waals surface area contributed by atoms with Gasteiger partial charge >= 0.3 is 12.3 Å². The highest BCUT2D eigenvalue weighted by Gasteiger charge is 2.34. The molecule has 0 aliphatic carbocycles. The van der Waals surface area contributed by atoms with Gasteiger partial charge in [0.05, 0.1) is 45.2 Å². The topological polar surface area (TPSA) is 114 Å². The maximum atomic E-state index is 13.3. The fraction of sp³-hybridized carbons (Fsp3) is 0.231. The van der Waals surface area contributed by atoms with Crippen LogP contribution in [0.1, 0.15) is 29.4 Å². The molecule has 1 atom stereocenters. The smallest absolute Gasteiger partial charge is 0.425 e. The van der Waals surface area contributed by atoms with Crippen molar-refractivity contribution in [3.63, 3.8) is 0 Å². The van der Waals surface area contributed by atoms with Crippen LogP contribution in [0.4, 0.5) is 23.7 Å². The minimum absolute atomic E-state index is 0.0865. The van der Waals surface area contributed by atoms with Gasteiger partial charge in [0.2, 0.25) is 0 Å². The molecule has 0 spiro atoms. The van der Waals surface area contributed by atoms with Gasteiger partial charge < -0.3 is 15.0 Å². The summed E-state index contributed by atoms with van der Waals surface area (Å²) in [4.78, 5) is 16.8. The second-order valence-electron chi connectivity index (χ2n) is 8.45. The van der Waals surface area contributed by atoms with Crippen molar-refractivity contribution in [3.05, 3.63) is 88.2 Å². The highest BCUT2D eigenvalue weighted by atomic mass is 35.5. The molecule has 1 amide bonds. The van der Waals surface area contributed by atoms with Gasteiger partial charge in [0.15, 0.2) is 0 Å². The maximum absolute atomic E-state index is 13.3. The lowest BCUT2D eigenvalue weighted by Crippen LogP contribution is -2.33. The molecule has 0 saturated heterocycles. The maximum Gasteiger partial charge on any atom is 0.425 e. The van der Waals surface area contributed by atoms with Crippen LogP contribution < -0.4 is 10.0 Å². The lowest BCUT2D eigenvalue weighted by molar-refractivity contribution is -0.137. The molecular formula is C26H23ClF3N4O4S-. The number of ether oxygens (including phenoxy) is 1. The largest absolute Gasteiger partial charge is 0.755 e. The standard InChI is InChI=1S/C26H24ClF3N4O4S/c1-2-24-32-22-13-20(26(28,29)30)21(27)14-23(22)33(24)18-7-3-16(4-8-18)11-12-38-25(35)34(39(36)37)19-9-5-17(15-31)6-10-19/h3-10,13-14H,2,11-12,15,31H2,1H3,(H,36,37)/p-1. The number of amides is 1. The Balaban J connectivity index is 1.48. The Morgan fingerprint density at radius 3 is 2.33 bits per heavy atom. The van der Waals surface area contributed by atoms with Gasteiger partial charge in [0, 0.05) is 25.1 Å². The summed E-state index contributed by atoms with van der Waals surface area (Å²) in [6.45, 7) is 2.03. The molecule has 1 heterocycles. The van der Waals surface area contributed by atoms with Gasteiger partial charge in [-0.1, -0.05) is 42.8 Å². The third-order valence-corrected chi connectivity index (χ3v) is 6.94. The van der Waals surface area contributed by atoms with Gasteiger partial charge in [-0.25, -0.2) is 14.1 Å². The van der Waals surface area contributed by atoms with Crippen molar-refractivity contribution in [2.24, 2.45) is 5.73 Å². The Morgan fingerprint density at radius 2 is 1.77 bits per heavy atom. The van der Waals surface area contributed by atoms with E-state index in [0.29, 0.717) is 34.2 Å². The zero-order valence-corrected chi connectivity index (χ0v) is 22.1. The highest BCUT2D eigenvalue weighted by Crippen LogP contribution is 2.37. The zero-order valence-electron chi connectivity index (χ0n) is 20.6. The normalized spacial score (nSPS) is 12.5. The Hall–Kier alpha value is -3.45. The zero-order chi connectivity index (χ0) is 28.3. The van der Waals surface area contributed by atoms with Crippen LogP contribution >= 0.6 is 11.6 Å². The number of carbonyl (C=O) groups excluding carboxylic acids is 1. The number of nitrogens with two attached hydrogens (primary N) is 1. The average Bonchev–Trinajstić information content (AvgIpc) is 3.26. The quantitative estimate of drug-likeness (QED) is 0.268. The first-order chi connectivity index (χ1) is 18.5. The summed E-state index contributed by atoms with van der Waals surface area (Å²) in [7, 11) is 0. The van der Waals surface area contributed by atoms with E-state index in [1.165, 1.54) is 18.2 Å². The van der Waals surface area contributed by atoms with E-state index in [2.05, 4.69) is 4.98 Å². The number of rotatable bonds is 8. The van der Waals surface area contributed by atoms with E-state index in [0.717, 1.165) is 17.2 Å². The summed E-state index contributed by atoms with van der Waals surface area (Å²) in [6.07, 6.45) is -4.88. The second kappa shape index (κ2) is 11.7. The molecule has 0 saturated carbocycles. The van der Waals surface area contributed by atoms with Crippen LogP contribution in [-0.4, -0.2) is 31.0 Å². The van der Waals surface area contributed by atoms with E-state index < -0.39 is 34.1 Å². The first-order valence-electron chi connectivity index (χ1n) is 11.8. The number of fused-ring (bicyclic) bond motifs is 1. The summed E-state index contributed by atoms with van der Waals surface area (Å²) in [6, 6.07) is 15.4. The Morgan fingerprint density at radius 1 is 1.13 bits per heavy atom. The predicted octanol–water partition coefficient (Wildman–Crippen LogP) is 5.70. The minimum atomic E-state index is -4.60. The Kier molecular flexibility index (Phi) is 8.60. The molecule has 2 N–H and O–H groups in total. The van der Waals surface area contributed by atoms with Gasteiger partial charge in [-0.05, 0) is 47.5 Å². The first kappa shape index (κ1) is 28.6. The number of carbonyl (C=O) groups is 1. The van der Waals surface area contributed by atoms with Crippen LogP contribution in [0.5, 0.6) is 0 Å². The molecule has 8 nitrogen and oxygen atoms in total. The van der Waals surface area contributed by atoms with Crippen LogP contribution in [0, 0.1) is 0 Å². The predicted molar refractivity (Wildman–Crippen MR) is 141 cm³/mol. The molecule has 0 fully saturated rings.